The van der Waals surface area contributed by atoms with Crippen LogP contribution in [0.1, 0.15) is 78.1 Å². The Hall–Kier alpha value is -1.60. The fraction of sp³-hybridized carbons (Fsp3) is 0.862. The largest absolute Gasteiger partial charge is 0.465 e. The van der Waals surface area contributed by atoms with Gasteiger partial charge in [-0.2, -0.15) is 0 Å². The second-order valence-corrected chi connectivity index (χ2v) is 13.4. The van der Waals surface area contributed by atoms with Gasteiger partial charge in [0.15, 0.2) is 0 Å². The first-order valence-corrected chi connectivity index (χ1v) is 14.5. The van der Waals surface area contributed by atoms with Crippen molar-refractivity contribution in [2.75, 3.05) is 26.2 Å². The van der Waals surface area contributed by atoms with Crippen molar-refractivity contribution in [2.24, 2.45) is 40.4 Å². The molecule has 5 fully saturated rings. The predicted molar refractivity (Wildman–Crippen MR) is 135 cm³/mol. The number of carbonyl (C=O) groups excluding carboxylic acids is 1. The summed E-state index contributed by atoms with van der Waals surface area (Å²) in [7, 11) is 0. The number of rotatable bonds is 2. The summed E-state index contributed by atoms with van der Waals surface area (Å²) in [6.07, 6.45) is 11.3. The normalized spacial score (nSPS) is 48.8. The molecule has 6 aliphatic rings. The van der Waals surface area contributed by atoms with E-state index in [1.165, 1.54) is 0 Å². The Labute approximate surface area is 215 Å². The van der Waals surface area contributed by atoms with E-state index in [9.17, 15) is 19.8 Å². The maximum absolute atomic E-state index is 12.4. The van der Waals surface area contributed by atoms with E-state index in [0.29, 0.717) is 36.8 Å². The minimum atomic E-state index is -0.769. The standard InChI is InChI=1S/C29H44N2O5/c1-27-9-6-18(24-16-30-12-3-13-31(24)26(33)34)14-20(27)4-5-23-22(27)7-10-28(2)21(8-11-29(23,28)35)19-15-25(32)36-17-19/h15,18,20-24,30,35H,3-14,16-17H2,1-2H3,(H,33,34)/t18-,20+,21+,22-,23+,24?,27-,28+,29-/m0/s1. The number of fused-ring (bicyclic) bond motifs is 5. The fourth-order valence-corrected chi connectivity index (χ4v) is 10.4. The van der Waals surface area contributed by atoms with Crippen LogP contribution in [0.25, 0.3) is 0 Å². The molecule has 36 heavy (non-hydrogen) atoms. The van der Waals surface area contributed by atoms with Gasteiger partial charge < -0.3 is 25.2 Å². The van der Waals surface area contributed by atoms with Crippen LogP contribution in [-0.4, -0.2) is 65.1 Å². The number of ether oxygens (including phenoxy) is 1. The molecule has 200 valence electrons. The number of carbonyl (C=O) groups is 2. The molecular weight excluding hydrogens is 456 g/mol. The van der Waals surface area contributed by atoms with Crippen LogP contribution in [0.15, 0.2) is 11.6 Å². The molecule has 4 saturated carbocycles. The quantitative estimate of drug-likeness (QED) is 0.492. The van der Waals surface area contributed by atoms with Gasteiger partial charge in [-0.3, -0.25) is 0 Å². The van der Waals surface area contributed by atoms with Crippen molar-refractivity contribution >= 4 is 12.1 Å². The van der Waals surface area contributed by atoms with Crippen molar-refractivity contribution in [1.82, 2.24) is 10.2 Å². The van der Waals surface area contributed by atoms with Crippen LogP contribution >= 0.6 is 0 Å². The third kappa shape index (κ3) is 3.51. The summed E-state index contributed by atoms with van der Waals surface area (Å²) in [5.74, 6) is 1.86. The van der Waals surface area contributed by atoms with Gasteiger partial charge in [-0.25, -0.2) is 9.59 Å². The molecule has 0 aromatic carbocycles. The highest BCUT2D eigenvalue weighted by Crippen LogP contribution is 2.70. The van der Waals surface area contributed by atoms with E-state index >= 15 is 0 Å². The molecular formula is C29H44N2O5. The lowest BCUT2D eigenvalue weighted by Crippen LogP contribution is -2.62. The van der Waals surface area contributed by atoms with Crippen LogP contribution in [0.3, 0.4) is 0 Å². The molecule has 9 atom stereocenters. The lowest BCUT2D eigenvalue weighted by Gasteiger charge is -2.64. The summed E-state index contributed by atoms with van der Waals surface area (Å²) in [5, 5.41) is 25.8. The van der Waals surface area contributed by atoms with E-state index in [2.05, 4.69) is 19.2 Å². The Morgan fingerprint density at radius 1 is 1.11 bits per heavy atom. The van der Waals surface area contributed by atoms with Gasteiger partial charge in [-0.15, -0.1) is 0 Å². The maximum atomic E-state index is 12.4. The third-order valence-corrected chi connectivity index (χ3v) is 12.3. The van der Waals surface area contributed by atoms with E-state index in [1.54, 1.807) is 11.0 Å². The number of esters is 1. The minimum Gasteiger partial charge on any atom is -0.465 e. The van der Waals surface area contributed by atoms with Crippen LogP contribution in [0.4, 0.5) is 4.79 Å². The lowest BCUT2D eigenvalue weighted by molar-refractivity contribution is -0.207. The molecule has 7 heteroatoms. The maximum Gasteiger partial charge on any atom is 0.407 e. The first kappa shape index (κ1) is 24.7. The van der Waals surface area contributed by atoms with Gasteiger partial charge in [0.1, 0.15) is 6.61 Å². The van der Waals surface area contributed by atoms with Gasteiger partial charge in [0.25, 0.3) is 0 Å². The molecule has 0 bridgehead atoms. The first-order chi connectivity index (χ1) is 17.2. The van der Waals surface area contributed by atoms with Crippen molar-refractivity contribution in [3.63, 3.8) is 0 Å². The van der Waals surface area contributed by atoms with Crippen molar-refractivity contribution in [1.29, 1.82) is 0 Å². The SMILES string of the molecule is C[C@]12CC[C@H](C3CNCCCN3C(=O)O)C[C@H]1CC[C@@H]1[C@@H]2CC[C@]2(C)[C@@H](C3=CC(=O)OC3)CC[C@]12O. The summed E-state index contributed by atoms with van der Waals surface area (Å²) in [6.45, 7) is 7.48. The van der Waals surface area contributed by atoms with Crippen LogP contribution in [0, 0.1) is 40.4 Å². The van der Waals surface area contributed by atoms with Crippen molar-refractivity contribution in [3.05, 3.63) is 11.6 Å². The first-order valence-electron chi connectivity index (χ1n) is 14.5. The summed E-state index contributed by atoms with van der Waals surface area (Å²) in [4.78, 5) is 25.6. The van der Waals surface area contributed by atoms with Gasteiger partial charge in [-0.05, 0) is 111 Å². The van der Waals surface area contributed by atoms with Gasteiger partial charge in [0.2, 0.25) is 0 Å². The molecule has 3 N–H and O–H groups in total. The lowest BCUT2D eigenvalue weighted by atomic mass is 9.42. The Kier molecular flexibility index (Phi) is 5.99. The van der Waals surface area contributed by atoms with E-state index in [1.807, 2.05) is 0 Å². The monoisotopic (exact) mass is 500 g/mol. The zero-order chi connectivity index (χ0) is 25.3. The topological polar surface area (TPSA) is 99.1 Å². The Balaban J connectivity index is 1.22. The van der Waals surface area contributed by atoms with Gasteiger partial charge in [0, 0.05) is 24.6 Å². The number of carboxylic acid groups (broad SMARTS) is 1. The van der Waals surface area contributed by atoms with Crippen molar-refractivity contribution in [2.45, 2.75) is 89.7 Å². The average Bonchev–Trinajstić information content (AvgIpc) is 3.27. The summed E-state index contributed by atoms with van der Waals surface area (Å²) in [5.41, 5.74) is 0.440. The number of cyclic esters (lactones) is 1. The second-order valence-electron chi connectivity index (χ2n) is 13.4. The summed E-state index contributed by atoms with van der Waals surface area (Å²) in [6, 6.07) is 0.0753. The van der Waals surface area contributed by atoms with Crippen LogP contribution in [-0.2, 0) is 9.53 Å². The highest BCUT2D eigenvalue weighted by molar-refractivity contribution is 5.85. The highest BCUT2D eigenvalue weighted by Gasteiger charge is 2.67. The third-order valence-electron chi connectivity index (χ3n) is 12.3. The number of hydrogen-bond donors (Lipinski definition) is 3. The predicted octanol–water partition coefficient (Wildman–Crippen LogP) is 4.20. The highest BCUT2D eigenvalue weighted by atomic mass is 16.5. The van der Waals surface area contributed by atoms with E-state index < -0.39 is 11.7 Å². The molecule has 0 aromatic heterocycles. The molecule has 1 unspecified atom stereocenters. The Morgan fingerprint density at radius 3 is 2.69 bits per heavy atom. The van der Waals surface area contributed by atoms with Crippen LogP contribution in [0.5, 0.6) is 0 Å². The number of nitrogens with one attached hydrogen (secondary N) is 1. The van der Waals surface area contributed by atoms with Gasteiger partial charge in [-0.1, -0.05) is 13.8 Å². The summed E-state index contributed by atoms with van der Waals surface area (Å²) >= 11 is 0. The number of amides is 1. The molecule has 0 radical (unpaired) electrons. The van der Waals surface area contributed by atoms with E-state index in [-0.39, 0.29) is 28.8 Å². The Morgan fingerprint density at radius 2 is 1.94 bits per heavy atom. The zero-order valence-corrected chi connectivity index (χ0v) is 22.0. The Bertz CT molecular complexity index is 952. The number of aliphatic hydroxyl groups is 1. The van der Waals surface area contributed by atoms with Crippen LogP contribution in [0.2, 0.25) is 0 Å². The molecule has 6 rings (SSSR count). The van der Waals surface area contributed by atoms with Crippen LogP contribution < -0.4 is 5.32 Å². The molecule has 2 heterocycles. The van der Waals surface area contributed by atoms with Crippen molar-refractivity contribution < 1.29 is 24.5 Å². The molecule has 1 amide bonds. The average molecular weight is 501 g/mol. The molecule has 1 saturated heterocycles. The summed E-state index contributed by atoms with van der Waals surface area (Å²) < 4.78 is 5.26. The molecule has 0 spiro atoms. The van der Waals surface area contributed by atoms with Gasteiger partial charge >= 0.3 is 12.1 Å². The second kappa shape index (κ2) is 8.72. The van der Waals surface area contributed by atoms with E-state index in [0.717, 1.165) is 82.9 Å². The van der Waals surface area contributed by atoms with Crippen molar-refractivity contribution in [3.8, 4) is 0 Å². The number of hydrogen-bond acceptors (Lipinski definition) is 5. The molecule has 7 nitrogen and oxygen atoms in total. The zero-order valence-electron chi connectivity index (χ0n) is 22.0. The number of nitrogens with zero attached hydrogens (tertiary/aromatic N) is 1. The molecule has 4 aliphatic carbocycles. The molecule has 2 aliphatic heterocycles. The molecule has 0 aromatic rings. The smallest absolute Gasteiger partial charge is 0.407 e. The van der Waals surface area contributed by atoms with E-state index in [4.69, 9.17) is 4.74 Å². The fourth-order valence-electron chi connectivity index (χ4n) is 10.4. The minimum absolute atomic E-state index is 0.0753. The van der Waals surface area contributed by atoms with Gasteiger partial charge in [0.05, 0.1) is 11.6 Å².